The van der Waals surface area contributed by atoms with Crippen LogP contribution in [0.3, 0.4) is 0 Å². The lowest BCUT2D eigenvalue weighted by Crippen LogP contribution is -2.38. The lowest BCUT2D eigenvalue weighted by molar-refractivity contribution is 0.0364. The van der Waals surface area contributed by atoms with Crippen molar-refractivity contribution < 1.29 is 4.74 Å². The molecule has 118 valence electrons. The largest absolute Gasteiger partial charge is 0.379 e. The van der Waals surface area contributed by atoms with Crippen molar-refractivity contribution in [3.63, 3.8) is 0 Å². The van der Waals surface area contributed by atoms with Crippen LogP contribution in [0.1, 0.15) is 43.4 Å². The molecule has 1 aliphatic carbocycles. The summed E-state index contributed by atoms with van der Waals surface area (Å²) >= 11 is 0. The number of ether oxygens (including phenoxy) is 1. The van der Waals surface area contributed by atoms with E-state index in [2.05, 4.69) is 34.1 Å². The van der Waals surface area contributed by atoms with E-state index in [-0.39, 0.29) is 0 Å². The number of aromatic nitrogens is 1. The van der Waals surface area contributed by atoms with Gasteiger partial charge in [-0.3, -0.25) is 4.90 Å². The fourth-order valence-corrected chi connectivity index (χ4v) is 3.58. The molecule has 0 radical (unpaired) electrons. The Morgan fingerprint density at radius 1 is 1.19 bits per heavy atom. The molecular weight excluding hydrogens is 262 g/mol. The average molecular weight is 291 g/mol. The summed E-state index contributed by atoms with van der Waals surface area (Å²) in [4.78, 5) is 2.51. The highest BCUT2D eigenvalue weighted by atomic mass is 16.5. The van der Waals surface area contributed by atoms with E-state index in [0.29, 0.717) is 6.04 Å². The second-order valence-electron chi connectivity index (χ2n) is 6.29. The van der Waals surface area contributed by atoms with Gasteiger partial charge in [-0.05, 0) is 36.9 Å². The Labute approximate surface area is 128 Å². The zero-order valence-corrected chi connectivity index (χ0v) is 13.3. The van der Waals surface area contributed by atoms with Crippen LogP contribution in [-0.2, 0) is 17.7 Å². The van der Waals surface area contributed by atoms with Gasteiger partial charge in [0.25, 0.3) is 0 Å². The Bertz CT molecular complexity index is 437. The average Bonchev–Trinajstić information content (AvgIpc) is 2.84. The Hall–Kier alpha value is -0.840. The van der Waals surface area contributed by atoms with E-state index >= 15 is 0 Å². The molecule has 1 fully saturated rings. The molecule has 2 heterocycles. The van der Waals surface area contributed by atoms with Gasteiger partial charge in [-0.15, -0.1) is 0 Å². The number of morpholine rings is 1. The first kappa shape index (κ1) is 15.1. The molecule has 1 N–H and O–H groups in total. The van der Waals surface area contributed by atoms with Crippen molar-refractivity contribution in [1.29, 1.82) is 0 Å². The van der Waals surface area contributed by atoms with Gasteiger partial charge in [0, 0.05) is 44.6 Å². The van der Waals surface area contributed by atoms with Crippen molar-refractivity contribution in [1.82, 2.24) is 14.8 Å². The Kier molecular flexibility index (Phi) is 5.33. The van der Waals surface area contributed by atoms with E-state index in [9.17, 15) is 0 Å². The molecule has 0 bridgehead atoms. The monoisotopic (exact) mass is 291 g/mol. The van der Waals surface area contributed by atoms with E-state index in [0.717, 1.165) is 45.9 Å². The molecule has 4 nitrogen and oxygen atoms in total. The van der Waals surface area contributed by atoms with Crippen LogP contribution in [0.4, 0.5) is 0 Å². The summed E-state index contributed by atoms with van der Waals surface area (Å²) in [6, 6.07) is 0.567. The number of fused-ring (bicyclic) bond motifs is 1. The van der Waals surface area contributed by atoms with Crippen LogP contribution in [0.15, 0.2) is 12.4 Å². The molecule has 1 atom stereocenters. The molecule has 0 aromatic carbocycles. The van der Waals surface area contributed by atoms with Gasteiger partial charge in [-0.2, -0.15) is 0 Å². The van der Waals surface area contributed by atoms with Crippen LogP contribution < -0.4 is 5.32 Å². The molecule has 1 saturated heterocycles. The van der Waals surface area contributed by atoms with Crippen molar-refractivity contribution in [3.8, 4) is 0 Å². The minimum atomic E-state index is 0.567. The summed E-state index contributed by atoms with van der Waals surface area (Å²) < 4.78 is 7.83. The zero-order chi connectivity index (χ0) is 14.5. The molecule has 21 heavy (non-hydrogen) atoms. The minimum Gasteiger partial charge on any atom is -0.379 e. The fourth-order valence-electron chi connectivity index (χ4n) is 3.58. The SMILES string of the molecule is CCNC1CCCCc2cn(CCN3CCOCC3)cc21. The predicted octanol–water partition coefficient (Wildman–Crippen LogP) is 2.20. The number of nitrogens with zero attached hydrogens (tertiary/aromatic N) is 2. The second-order valence-corrected chi connectivity index (χ2v) is 6.29. The first-order valence-corrected chi connectivity index (χ1v) is 8.59. The zero-order valence-electron chi connectivity index (χ0n) is 13.3. The van der Waals surface area contributed by atoms with Crippen LogP contribution in [0.2, 0.25) is 0 Å². The maximum Gasteiger partial charge on any atom is 0.0594 e. The molecule has 0 amide bonds. The number of nitrogens with one attached hydrogen (secondary N) is 1. The van der Waals surface area contributed by atoms with Gasteiger partial charge in [0.2, 0.25) is 0 Å². The van der Waals surface area contributed by atoms with Gasteiger partial charge >= 0.3 is 0 Å². The number of aryl methyl sites for hydroxylation is 1. The van der Waals surface area contributed by atoms with Gasteiger partial charge in [-0.1, -0.05) is 13.3 Å². The summed E-state index contributed by atoms with van der Waals surface area (Å²) in [6.45, 7) is 9.47. The first-order chi connectivity index (χ1) is 10.4. The predicted molar refractivity (Wildman–Crippen MR) is 85.7 cm³/mol. The van der Waals surface area contributed by atoms with E-state index in [1.807, 2.05) is 0 Å². The van der Waals surface area contributed by atoms with Gasteiger partial charge in [-0.25, -0.2) is 0 Å². The van der Waals surface area contributed by atoms with Crippen molar-refractivity contribution in [2.75, 3.05) is 39.4 Å². The topological polar surface area (TPSA) is 29.4 Å². The van der Waals surface area contributed by atoms with Crippen molar-refractivity contribution in [2.24, 2.45) is 0 Å². The number of rotatable bonds is 5. The Morgan fingerprint density at radius 2 is 2.05 bits per heavy atom. The molecule has 3 rings (SSSR count). The third-order valence-electron chi connectivity index (χ3n) is 4.79. The molecule has 1 aromatic heterocycles. The van der Waals surface area contributed by atoms with E-state index in [1.165, 1.54) is 25.7 Å². The molecule has 2 aliphatic rings. The number of hydrogen-bond acceptors (Lipinski definition) is 3. The molecule has 1 aromatic rings. The van der Waals surface area contributed by atoms with E-state index in [4.69, 9.17) is 4.74 Å². The van der Waals surface area contributed by atoms with Crippen LogP contribution in [-0.4, -0.2) is 48.9 Å². The maximum atomic E-state index is 5.42. The quantitative estimate of drug-likeness (QED) is 0.843. The fraction of sp³-hybridized carbons (Fsp3) is 0.765. The summed E-state index contributed by atoms with van der Waals surface area (Å²) in [6.07, 6.45) is 10.0. The van der Waals surface area contributed by atoms with Crippen LogP contribution in [0.25, 0.3) is 0 Å². The molecule has 1 aliphatic heterocycles. The normalized spacial score (nSPS) is 23.8. The van der Waals surface area contributed by atoms with Crippen molar-refractivity contribution in [2.45, 2.75) is 45.2 Å². The lowest BCUT2D eigenvalue weighted by Gasteiger charge is -2.26. The molecular formula is C17H29N3O. The third-order valence-corrected chi connectivity index (χ3v) is 4.79. The second kappa shape index (κ2) is 7.43. The highest BCUT2D eigenvalue weighted by Crippen LogP contribution is 2.29. The van der Waals surface area contributed by atoms with Gasteiger partial charge in [0.05, 0.1) is 13.2 Å². The smallest absolute Gasteiger partial charge is 0.0594 e. The maximum absolute atomic E-state index is 5.42. The minimum absolute atomic E-state index is 0.567. The number of hydrogen-bond donors (Lipinski definition) is 1. The summed E-state index contributed by atoms with van der Waals surface area (Å²) in [5.74, 6) is 0. The summed E-state index contributed by atoms with van der Waals surface area (Å²) in [5, 5.41) is 3.66. The van der Waals surface area contributed by atoms with E-state index in [1.54, 1.807) is 11.1 Å². The Morgan fingerprint density at radius 3 is 2.86 bits per heavy atom. The van der Waals surface area contributed by atoms with Crippen molar-refractivity contribution >= 4 is 0 Å². The lowest BCUT2D eigenvalue weighted by atomic mass is 10.0. The van der Waals surface area contributed by atoms with Crippen molar-refractivity contribution in [3.05, 3.63) is 23.5 Å². The summed E-state index contributed by atoms with van der Waals surface area (Å²) in [5.41, 5.74) is 3.12. The standard InChI is InChI=1S/C17H29N3O/c1-2-18-17-6-4-3-5-15-13-20(14-16(15)17)8-7-19-9-11-21-12-10-19/h13-14,17-18H,2-12H2,1H3. The van der Waals surface area contributed by atoms with Gasteiger partial charge in [0.15, 0.2) is 0 Å². The van der Waals surface area contributed by atoms with Crippen LogP contribution in [0.5, 0.6) is 0 Å². The summed E-state index contributed by atoms with van der Waals surface area (Å²) in [7, 11) is 0. The van der Waals surface area contributed by atoms with Crippen LogP contribution in [0, 0.1) is 0 Å². The third kappa shape index (κ3) is 3.87. The highest BCUT2D eigenvalue weighted by Gasteiger charge is 2.20. The molecule has 0 spiro atoms. The van der Waals surface area contributed by atoms with Gasteiger partial charge in [0.1, 0.15) is 0 Å². The van der Waals surface area contributed by atoms with Gasteiger partial charge < -0.3 is 14.6 Å². The first-order valence-electron chi connectivity index (χ1n) is 8.59. The molecule has 1 unspecified atom stereocenters. The Balaban J connectivity index is 1.63. The van der Waals surface area contributed by atoms with Crippen LogP contribution >= 0.6 is 0 Å². The molecule has 0 saturated carbocycles. The molecule has 4 heteroatoms. The highest BCUT2D eigenvalue weighted by molar-refractivity contribution is 5.29. The van der Waals surface area contributed by atoms with E-state index < -0.39 is 0 Å².